The fourth-order valence-corrected chi connectivity index (χ4v) is 7.36. The Morgan fingerprint density at radius 3 is 2.44 bits per heavy atom. The first kappa shape index (κ1) is 33.4. The number of carbonyl (C=O) groups is 2. The second kappa shape index (κ2) is 14.6. The molecule has 1 saturated carbocycles. The summed E-state index contributed by atoms with van der Waals surface area (Å²) in [4.78, 5) is 28.5. The third kappa shape index (κ3) is 8.25. The zero-order chi connectivity index (χ0) is 32.1. The van der Waals surface area contributed by atoms with Gasteiger partial charge in [0.2, 0.25) is 5.91 Å². The van der Waals surface area contributed by atoms with E-state index >= 15 is 0 Å². The molecule has 2 aliphatic heterocycles. The molecule has 3 aliphatic rings. The number of piperidine rings is 1. The molecule has 246 valence electrons. The Hall–Kier alpha value is -2.98. The van der Waals surface area contributed by atoms with Gasteiger partial charge in [-0.15, -0.1) is 0 Å². The molecule has 3 amide bonds. The summed E-state index contributed by atoms with van der Waals surface area (Å²) in [6, 6.07) is 15.4. The number of benzene rings is 2. The Morgan fingerprint density at radius 2 is 1.73 bits per heavy atom. The van der Waals surface area contributed by atoms with Crippen molar-refractivity contribution in [3.05, 3.63) is 65.2 Å². The van der Waals surface area contributed by atoms with E-state index in [-0.39, 0.29) is 48.3 Å². The number of ether oxygens (including phenoxy) is 2. The Kier molecular flexibility index (Phi) is 10.9. The van der Waals surface area contributed by atoms with Crippen LogP contribution in [0, 0.1) is 11.8 Å². The second-order valence-corrected chi connectivity index (χ2v) is 14.1. The number of nitrogens with one attached hydrogen (secondary N) is 3. The zero-order valence-electron chi connectivity index (χ0n) is 27.6. The number of aliphatic hydroxyl groups excluding tert-OH is 1. The molecule has 2 saturated heterocycles. The van der Waals surface area contributed by atoms with Gasteiger partial charge in [-0.25, -0.2) is 4.79 Å². The van der Waals surface area contributed by atoms with Gasteiger partial charge in [0.15, 0.2) is 6.29 Å². The van der Waals surface area contributed by atoms with E-state index in [0.29, 0.717) is 30.7 Å². The van der Waals surface area contributed by atoms with Crippen LogP contribution in [0.2, 0.25) is 0 Å². The SMILES string of the molecule is CCNC(=O)Nc1cccc([C@@H]2O[C@H](CN3[C@@H](C(=O)NC(C)(C)C)CC[C@H]4CCCC[C@H]43)[C@H](C)[C@H](c3ccc(CO)cc3)O2)c1. The number of nitrogens with zero attached hydrogens (tertiary/aromatic N) is 1. The van der Waals surface area contributed by atoms with Gasteiger partial charge in [0.05, 0.1) is 24.9 Å². The van der Waals surface area contributed by atoms with Crippen molar-refractivity contribution in [2.75, 3.05) is 18.4 Å². The highest BCUT2D eigenvalue weighted by atomic mass is 16.7. The van der Waals surface area contributed by atoms with Gasteiger partial charge >= 0.3 is 6.03 Å². The molecule has 7 atom stereocenters. The van der Waals surface area contributed by atoms with Crippen molar-refractivity contribution in [1.82, 2.24) is 15.5 Å². The number of rotatable bonds is 8. The van der Waals surface area contributed by atoms with Crippen LogP contribution in [0.3, 0.4) is 0 Å². The summed E-state index contributed by atoms with van der Waals surface area (Å²) in [7, 11) is 0. The van der Waals surface area contributed by atoms with E-state index in [0.717, 1.165) is 36.0 Å². The summed E-state index contributed by atoms with van der Waals surface area (Å²) in [5.74, 6) is 0.693. The molecule has 4 N–H and O–H groups in total. The summed E-state index contributed by atoms with van der Waals surface area (Å²) in [6.45, 7) is 11.3. The van der Waals surface area contributed by atoms with Gasteiger partial charge in [0.1, 0.15) is 0 Å². The van der Waals surface area contributed by atoms with E-state index in [4.69, 9.17) is 9.47 Å². The number of anilines is 1. The molecule has 5 rings (SSSR count). The second-order valence-electron chi connectivity index (χ2n) is 14.1. The first-order valence-corrected chi connectivity index (χ1v) is 16.8. The molecular weight excluding hydrogens is 568 g/mol. The van der Waals surface area contributed by atoms with Crippen molar-refractivity contribution in [2.24, 2.45) is 11.8 Å². The van der Waals surface area contributed by atoms with Crippen LogP contribution in [0.1, 0.15) is 102 Å². The van der Waals surface area contributed by atoms with Crippen molar-refractivity contribution in [3.63, 3.8) is 0 Å². The van der Waals surface area contributed by atoms with Gasteiger partial charge in [-0.2, -0.15) is 0 Å². The molecule has 9 heteroatoms. The Bertz CT molecular complexity index is 1300. The van der Waals surface area contributed by atoms with Gasteiger partial charge in [-0.05, 0) is 82.6 Å². The molecule has 0 spiro atoms. The molecule has 2 aromatic carbocycles. The van der Waals surface area contributed by atoms with E-state index in [1.807, 2.05) is 76.2 Å². The van der Waals surface area contributed by atoms with Gasteiger partial charge in [0, 0.05) is 41.8 Å². The maximum Gasteiger partial charge on any atom is 0.319 e. The standard InChI is InChI=1S/C36H52N4O5/c1-6-37-35(43)38-28-12-9-11-27(20-28)34-44-31(23(2)32(45-34)26-16-14-24(22-41)15-17-26)21-40-29-13-8-7-10-25(29)18-19-30(40)33(42)39-36(3,4)5/h9,11-12,14-17,20,23,25,29-32,34,41H,6-8,10,13,18-19,21-22H2,1-5H3,(H,39,42)(H2,37,38,43)/t23-,25+,29+,30+,31+,32+,34+/m0/s1. The predicted molar refractivity (Wildman–Crippen MR) is 175 cm³/mol. The van der Waals surface area contributed by atoms with E-state index in [9.17, 15) is 14.7 Å². The minimum Gasteiger partial charge on any atom is -0.392 e. The zero-order valence-corrected chi connectivity index (χ0v) is 27.6. The largest absolute Gasteiger partial charge is 0.392 e. The lowest BCUT2D eigenvalue weighted by atomic mass is 9.75. The predicted octanol–water partition coefficient (Wildman–Crippen LogP) is 6.05. The quantitative estimate of drug-likeness (QED) is 0.286. The van der Waals surface area contributed by atoms with Crippen LogP contribution in [0.15, 0.2) is 48.5 Å². The minimum atomic E-state index is -0.668. The highest BCUT2D eigenvalue weighted by Gasteiger charge is 2.46. The minimum absolute atomic E-state index is 0.00633. The average Bonchev–Trinajstić information content (AvgIpc) is 3.01. The number of aliphatic hydroxyl groups is 1. The lowest BCUT2D eigenvalue weighted by molar-refractivity contribution is -0.278. The number of hydrogen-bond donors (Lipinski definition) is 4. The number of fused-ring (bicyclic) bond motifs is 1. The molecule has 1 aliphatic carbocycles. The van der Waals surface area contributed by atoms with E-state index in [1.54, 1.807) is 0 Å². The topological polar surface area (TPSA) is 112 Å². The summed E-state index contributed by atoms with van der Waals surface area (Å²) >= 11 is 0. The number of urea groups is 1. The summed E-state index contributed by atoms with van der Waals surface area (Å²) in [6.07, 6.45) is 5.55. The van der Waals surface area contributed by atoms with Crippen LogP contribution >= 0.6 is 0 Å². The molecule has 2 aromatic rings. The lowest BCUT2D eigenvalue weighted by Gasteiger charge is -2.51. The van der Waals surface area contributed by atoms with Gasteiger partial charge in [-0.3, -0.25) is 9.69 Å². The monoisotopic (exact) mass is 620 g/mol. The summed E-state index contributed by atoms with van der Waals surface area (Å²) in [5.41, 5.74) is 3.03. The van der Waals surface area contributed by atoms with Crippen LogP contribution in [0.5, 0.6) is 0 Å². The average molecular weight is 621 g/mol. The van der Waals surface area contributed by atoms with Crippen molar-refractivity contribution >= 4 is 17.6 Å². The molecule has 2 heterocycles. The maximum atomic E-state index is 13.7. The van der Waals surface area contributed by atoms with E-state index in [2.05, 4.69) is 27.8 Å². The Morgan fingerprint density at radius 1 is 0.978 bits per heavy atom. The van der Waals surface area contributed by atoms with Crippen LogP contribution in [-0.4, -0.2) is 58.8 Å². The number of amides is 3. The van der Waals surface area contributed by atoms with E-state index < -0.39 is 6.29 Å². The van der Waals surface area contributed by atoms with Crippen molar-refractivity contribution in [1.29, 1.82) is 0 Å². The summed E-state index contributed by atoms with van der Waals surface area (Å²) in [5, 5.41) is 18.6. The van der Waals surface area contributed by atoms with Crippen molar-refractivity contribution in [2.45, 2.75) is 116 Å². The van der Waals surface area contributed by atoms with Crippen LogP contribution in [-0.2, 0) is 20.9 Å². The van der Waals surface area contributed by atoms with Crippen LogP contribution in [0.4, 0.5) is 10.5 Å². The van der Waals surface area contributed by atoms with Crippen molar-refractivity contribution in [3.8, 4) is 0 Å². The maximum absolute atomic E-state index is 13.7. The first-order valence-electron chi connectivity index (χ1n) is 16.8. The number of carbonyl (C=O) groups excluding carboxylic acids is 2. The highest BCUT2D eigenvalue weighted by Crippen LogP contribution is 2.44. The molecule has 0 unspecified atom stereocenters. The molecule has 9 nitrogen and oxygen atoms in total. The van der Waals surface area contributed by atoms with Crippen LogP contribution < -0.4 is 16.0 Å². The highest BCUT2D eigenvalue weighted by molar-refractivity contribution is 5.89. The Labute approximate surface area is 268 Å². The smallest absolute Gasteiger partial charge is 0.319 e. The fourth-order valence-electron chi connectivity index (χ4n) is 7.36. The van der Waals surface area contributed by atoms with E-state index in [1.165, 1.54) is 19.3 Å². The number of hydrogen-bond acceptors (Lipinski definition) is 6. The first-order chi connectivity index (χ1) is 21.6. The molecule has 3 fully saturated rings. The molecule has 0 radical (unpaired) electrons. The lowest BCUT2D eigenvalue weighted by Crippen LogP contribution is -2.61. The third-order valence-corrected chi connectivity index (χ3v) is 9.58. The van der Waals surface area contributed by atoms with Gasteiger partial charge in [-0.1, -0.05) is 56.2 Å². The molecule has 45 heavy (non-hydrogen) atoms. The third-order valence-electron chi connectivity index (χ3n) is 9.58. The molecule has 0 aromatic heterocycles. The van der Waals surface area contributed by atoms with Gasteiger partial charge < -0.3 is 30.5 Å². The molecule has 0 bridgehead atoms. The van der Waals surface area contributed by atoms with Crippen molar-refractivity contribution < 1.29 is 24.2 Å². The van der Waals surface area contributed by atoms with Gasteiger partial charge in [0.25, 0.3) is 0 Å². The Balaban J connectivity index is 1.46. The fraction of sp³-hybridized carbons (Fsp3) is 0.611. The normalized spacial score (nSPS) is 29.0. The number of likely N-dealkylation sites (tertiary alicyclic amines) is 1. The molecular formula is C36H52N4O5. The summed E-state index contributed by atoms with van der Waals surface area (Å²) < 4.78 is 13.5. The van der Waals surface area contributed by atoms with Crippen LogP contribution in [0.25, 0.3) is 0 Å².